The molecule has 0 aliphatic carbocycles. The van der Waals surface area contributed by atoms with E-state index in [4.69, 9.17) is 16.7 Å². The molecule has 2 aromatic rings. The molecule has 2 heterocycles. The van der Waals surface area contributed by atoms with Gasteiger partial charge in [-0.3, -0.25) is 0 Å². The Morgan fingerprint density at radius 3 is 2.94 bits per heavy atom. The van der Waals surface area contributed by atoms with Crippen molar-refractivity contribution in [2.45, 2.75) is 32.2 Å². The van der Waals surface area contributed by atoms with Crippen LogP contribution in [-0.2, 0) is 0 Å². The molecular formula is C11H16ClN5O. The van der Waals surface area contributed by atoms with Crippen molar-refractivity contribution in [3.63, 3.8) is 0 Å². The fourth-order valence-electron chi connectivity index (χ4n) is 1.76. The summed E-state index contributed by atoms with van der Waals surface area (Å²) in [6.45, 7) is 4.19. The molecule has 3 N–H and O–H groups in total. The lowest BCUT2D eigenvalue weighted by Crippen LogP contribution is -2.35. The lowest BCUT2D eigenvalue weighted by atomic mass is 9.95. The highest BCUT2D eigenvalue weighted by Crippen LogP contribution is 2.25. The predicted octanol–water partition coefficient (Wildman–Crippen LogP) is 1.97. The fourth-order valence-corrected chi connectivity index (χ4v) is 1.92. The molecule has 0 bridgehead atoms. The van der Waals surface area contributed by atoms with Gasteiger partial charge in [0.1, 0.15) is 5.52 Å². The van der Waals surface area contributed by atoms with E-state index in [1.165, 1.54) is 0 Å². The first-order valence-electron chi connectivity index (χ1n) is 5.83. The number of fused-ring (bicyclic) bond motifs is 1. The van der Waals surface area contributed by atoms with E-state index in [1.807, 2.05) is 6.92 Å². The van der Waals surface area contributed by atoms with Gasteiger partial charge in [-0.2, -0.15) is 9.97 Å². The third-order valence-corrected chi connectivity index (χ3v) is 3.29. The normalized spacial score (nSPS) is 14.7. The Morgan fingerprint density at radius 2 is 2.28 bits per heavy atom. The third-order valence-electron chi connectivity index (χ3n) is 3.12. The van der Waals surface area contributed by atoms with Crippen LogP contribution in [0.4, 0.5) is 5.82 Å². The second kappa shape index (κ2) is 5.07. The Labute approximate surface area is 110 Å². The van der Waals surface area contributed by atoms with Crippen LogP contribution in [0.25, 0.3) is 11.2 Å². The summed E-state index contributed by atoms with van der Waals surface area (Å²) in [5.74, 6) is 0.611. The summed E-state index contributed by atoms with van der Waals surface area (Å²) in [7, 11) is 0. The van der Waals surface area contributed by atoms with Gasteiger partial charge in [0.05, 0.1) is 6.33 Å². The Morgan fingerprint density at radius 1 is 1.50 bits per heavy atom. The quantitative estimate of drug-likeness (QED) is 0.723. The maximum atomic E-state index is 9.12. The highest BCUT2D eigenvalue weighted by atomic mass is 35.5. The average molecular weight is 270 g/mol. The van der Waals surface area contributed by atoms with Gasteiger partial charge in [-0.1, -0.05) is 6.92 Å². The van der Waals surface area contributed by atoms with Crippen LogP contribution in [0.3, 0.4) is 0 Å². The first-order chi connectivity index (χ1) is 8.58. The number of hydrogen-bond donors (Lipinski definition) is 3. The van der Waals surface area contributed by atoms with Gasteiger partial charge in [0, 0.05) is 12.1 Å². The lowest BCUT2D eigenvalue weighted by molar-refractivity contribution is 0.252. The molecule has 0 saturated heterocycles. The summed E-state index contributed by atoms with van der Waals surface area (Å²) >= 11 is 5.86. The second-order valence-electron chi connectivity index (χ2n) is 4.46. The summed E-state index contributed by atoms with van der Waals surface area (Å²) in [6, 6.07) is 0. The van der Waals surface area contributed by atoms with Crippen molar-refractivity contribution in [2.75, 3.05) is 11.9 Å². The van der Waals surface area contributed by atoms with Crippen molar-refractivity contribution < 1.29 is 5.11 Å². The van der Waals surface area contributed by atoms with E-state index in [9.17, 15) is 0 Å². The lowest BCUT2D eigenvalue weighted by Gasteiger charge is -2.29. The number of rotatable bonds is 5. The second-order valence-corrected chi connectivity index (χ2v) is 4.79. The van der Waals surface area contributed by atoms with E-state index in [-0.39, 0.29) is 17.4 Å². The molecule has 0 aliphatic heterocycles. The van der Waals surface area contributed by atoms with Gasteiger partial charge in [-0.05, 0) is 31.4 Å². The van der Waals surface area contributed by atoms with E-state index < -0.39 is 0 Å². The van der Waals surface area contributed by atoms with Crippen LogP contribution >= 0.6 is 11.6 Å². The minimum absolute atomic E-state index is 0.113. The van der Waals surface area contributed by atoms with Crippen molar-refractivity contribution in [3.8, 4) is 0 Å². The molecule has 98 valence electrons. The number of aromatic nitrogens is 4. The maximum Gasteiger partial charge on any atom is 0.226 e. The summed E-state index contributed by atoms with van der Waals surface area (Å²) < 4.78 is 0. The van der Waals surface area contributed by atoms with Gasteiger partial charge >= 0.3 is 0 Å². The minimum atomic E-state index is -0.246. The van der Waals surface area contributed by atoms with Crippen LogP contribution < -0.4 is 5.32 Å². The summed E-state index contributed by atoms with van der Waals surface area (Å²) in [4.78, 5) is 15.2. The monoisotopic (exact) mass is 269 g/mol. The number of halogens is 1. The topological polar surface area (TPSA) is 86.7 Å². The number of aromatic amines is 1. The molecule has 0 aliphatic rings. The first kappa shape index (κ1) is 13.0. The number of hydrogen-bond acceptors (Lipinski definition) is 5. The van der Waals surface area contributed by atoms with Gasteiger partial charge in [0.2, 0.25) is 5.28 Å². The number of anilines is 1. The zero-order valence-electron chi connectivity index (χ0n) is 10.4. The van der Waals surface area contributed by atoms with E-state index in [0.717, 1.165) is 11.9 Å². The number of H-pyrrole nitrogens is 1. The smallest absolute Gasteiger partial charge is 0.226 e. The maximum absolute atomic E-state index is 9.12. The zero-order valence-corrected chi connectivity index (χ0v) is 11.1. The van der Waals surface area contributed by atoms with Gasteiger partial charge in [0.15, 0.2) is 11.5 Å². The van der Waals surface area contributed by atoms with Gasteiger partial charge in [0.25, 0.3) is 0 Å². The molecule has 7 heteroatoms. The average Bonchev–Trinajstić information content (AvgIpc) is 2.77. The molecule has 0 aromatic carbocycles. The molecule has 2 aromatic heterocycles. The molecule has 18 heavy (non-hydrogen) atoms. The van der Waals surface area contributed by atoms with E-state index in [0.29, 0.717) is 17.9 Å². The number of nitrogens with one attached hydrogen (secondary N) is 2. The molecular weight excluding hydrogens is 254 g/mol. The van der Waals surface area contributed by atoms with E-state index in [1.54, 1.807) is 6.33 Å². The summed E-state index contributed by atoms with van der Waals surface area (Å²) in [6.07, 6.45) is 3.03. The van der Waals surface area contributed by atoms with Crippen LogP contribution in [0.1, 0.15) is 26.7 Å². The highest BCUT2D eigenvalue weighted by molar-refractivity contribution is 6.28. The van der Waals surface area contributed by atoms with E-state index >= 15 is 0 Å². The molecule has 0 fully saturated rings. The standard InChI is InChI=1S/C11H16ClN5O/c1-3-11(2,4-5-18)17-9-7-8(14-6-13-7)15-10(12)16-9/h6,18H,3-5H2,1-2H3,(H2,13,14,15,16,17). The van der Waals surface area contributed by atoms with E-state index in [2.05, 4.69) is 32.2 Å². The molecule has 0 spiro atoms. The van der Waals surface area contributed by atoms with Gasteiger partial charge in [-0.25, -0.2) is 4.98 Å². The fraction of sp³-hybridized carbons (Fsp3) is 0.545. The van der Waals surface area contributed by atoms with Crippen LogP contribution in [-0.4, -0.2) is 37.2 Å². The molecule has 6 nitrogen and oxygen atoms in total. The molecule has 1 atom stereocenters. The van der Waals surface area contributed by atoms with Crippen molar-refractivity contribution in [3.05, 3.63) is 11.6 Å². The summed E-state index contributed by atoms with van der Waals surface area (Å²) in [5, 5.41) is 12.6. The SMILES string of the molecule is CCC(C)(CCO)Nc1nc(Cl)nc2nc[nH]c12. The number of aliphatic hydroxyl groups excluding tert-OH is 1. The van der Waals surface area contributed by atoms with Crippen LogP contribution in [0, 0.1) is 0 Å². The molecule has 0 amide bonds. The Hall–Kier alpha value is -1.40. The van der Waals surface area contributed by atoms with Crippen LogP contribution in [0.2, 0.25) is 5.28 Å². The summed E-state index contributed by atoms with van der Waals surface area (Å²) in [5.41, 5.74) is 1.00. The van der Waals surface area contributed by atoms with Gasteiger partial charge < -0.3 is 15.4 Å². The molecule has 0 saturated carbocycles. The van der Waals surface area contributed by atoms with Crippen molar-refractivity contribution in [1.29, 1.82) is 0 Å². The zero-order chi connectivity index (χ0) is 13.2. The largest absolute Gasteiger partial charge is 0.396 e. The van der Waals surface area contributed by atoms with Crippen LogP contribution in [0.5, 0.6) is 0 Å². The Balaban J connectivity index is 2.38. The number of nitrogens with zero attached hydrogens (tertiary/aromatic N) is 3. The Kier molecular flexibility index (Phi) is 3.68. The van der Waals surface area contributed by atoms with Crippen molar-refractivity contribution in [2.24, 2.45) is 0 Å². The highest BCUT2D eigenvalue weighted by Gasteiger charge is 2.23. The first-order valence-corrected chi connectivity index (χ1v) is 6.21. The van der Waals surface area contributed by atoms with Crippen molar-refractivity contribution >= 4 is 28.6 Å². The van der Waals surface area contributed by atoms with Crippen molar-refractivity contribution in [1.82, 2.24) is 19.9 Å². The third kappa shape index (κ3) is 2.54. The minimum Gasteiger partial charge on any atom is -0.396 e. The number of imidazole rings is 1. The molecule has 0 radical (unpaired) electrons. The van der Waals surface area contributed by atoms with Crippen LogP contribution in [0.15, 0.2) is 6.33 Å². The Bertz CT molecular complexity index is 543. The predicted molar refractivity (Wildman–Crippen MR) is 70.7 cm³/mol. The van der Waals surface area contributed by atoms with Gasteiger partial charge in [-0.15, -0.1) is 0 Å². The number of aliphatic hydroxyl groups is 1. The molecule has 2 rings (SSSR count). The molecule has 1 unspecified atom stereocenters.